The molecule has 11 nitrogen and oxygen atoms in total. The van der Waals surface area contributed by atoms with E-state index in [0.717, 1.165) is 51.0 Å². The second-order valence-corrected chi connectivity index (χ2v) is 10.9. The van der Waals surface area contributed by atoms with Crippen molar-refractivity contribution in [2.45, 2.75) is 63.8 Å². The monoisotopic (exact) mass is 522 g/mol. The summed E-state index contributed by atoms with van der Waals surface area (Å²) in [4.78, 5) is 29.0. The Morgan fingerprint density at radius 2 is 1.97 bits per heavy atom. The number of fused-ring (bicyclic) bond motifs is 1. The van der Waals surface area contributed by atoms with Gasteiger partial charge in [0.15, 0.2) is 17.0 Å². The molecule has 3 heterocycles. The van der Waals surface area contributed by atoms with Crippen LogP contribution >= 0.6 is 0 Å². The third kappa shape index (κ3) is 5.59. The zero-order valence-electron chi connectivity index (χ0n) is 22.6. The topological polar surface area (TPSA) is 129 Å². The van der Waals surface area contributed by atoms with Crippen LogP contribution in [-0.4, -0.2) is 80.6 Å². The number of aliphatic hydroxyl groups is 1. The standard InChI is InChI=1S/C27H38N8O3/c1-27(2,37)18-10-12-34(13-11-18)15-17-6-5-7-19(14-17)30-25-32-23(28-3)22-24(33-25)35(16-29-22)26(36)31-20-8-9-21(20)38-4/h5-7,14,16,18,20-21,37H,8-13,15H2,1-4H3,(H,31,36)(H2,28,30,32,33)/t20-,21-/m1/s1. The molecule has 0 spiro atoms. The van der Waals surface area contributed by atoms with Crippen molar-refractivity contribution in [1.82, 2.24) is 29.7 Å². The van der Waals surface area contributed by atoms with Gasteiger partial charge in [-0.3, -0.25) is 4.90 Å². The molecule has 4 N–H and O–H groups in total. The molecule has 1 aliphatic heterocycles. The molecule has 38 heavy (non-hydrogen) atoms. The maximum atomic E-state index is 13.0. The molecule has 1 saturated heterocycles. The number of hydrogen-bond acceptors (Lipinski definition) is 9. The normalized spacial score (nSPS) is 20.8. The van der Waals surface area contributed by atoms with Crippen LogP contribution in [0.2, 0.25) is 0 Å². The summed E-state index contributed by atoms with van der Waals surface area (Å²) >= 11 is 0. The van der Waals surface area contributed by atoms with Crippen LogP contribution in [0.5, 0.6) is 0 Å². The fourth-order valence-corrected chi connectivity index (χ4v) is 5.36. The summed E-state index contributed by atoms with van der Waals surface area (Å²) in [5.74, 6) is 1.25. The SMILES string of the molecule is CNc1nc(Nc2cccc(CN3CCC(C(C)(C)O)CC3)c2)nc2c1ncn2C(=O)N[C@@H]1CC[C@H]1OC. The van der Waals surface area contributed by atoms with Gasteiger partial charge in [-0.05, 0) is 76.2 Å². The van der Waals surface area contributed by atoms with Crippen molar-refractivity contribution in [2.24, 2.45) is 5.92 Å². The lowest BCUT2D eigenvalue weighted by Crippen LogP contribution is -2.52. The van der Waals surface area contributed by atoms with Gasteiger partial charge in [0.25, 0.3) is 0 Å². The van der Waals surface area contributed by atoms with E-state index in [1.165, 1.54) is 16.5 Å². The molecule has 2 fully saturated rings. The molecule has 2 aliphatic rings. The van der Waals surface area contributed by atoms with Gasteiger partial charge in [-0.1, -0.05) is 12.1 Å². The molecule has 1 saturated carbocycles. The molecular formula is C27H38N8O3. The number of carbonyl (C=O) groups excluding carboxylic acids is 1. The summed E-state index contributed by atoms with van der Waals surface area (Å²) in [6, 6.07) is 7.89. The first-order valence-corrected chi connectivity index (χ1v) is 13.3. The largest absolute Gasteiger partial charge is 0.390 e. The number of carbonyl (C=O) groups is 1. The Kier molecular flexibility index (Phi) is 7.51. The van der Waals surface area contributed by atoms with Crippen molar-refractivity contribution in [2.75, 3.05) is 37.9 Å². The molecule has 1 aromatic carbocycles. The highest BCUT2D eigenvalue weighted by Gasteiger charge is 2.33. The molecule has 204 valence electrons. The molecule has 2 aromatic heterocycles. The van der Waals surface area contributed by atoms with Crippen molar-refractivity contribution in [3.05, 3.63) is 36.2 Å². The zero-order chi connectivity index (χ0) is 26.9. The van der Waals surface area contributed by atoms with E-state index in [1.54, 1.807) is 14.2 Å². The highest BCUT2D eigenvalue weighted by Crippen LogP contribution is 2.29. The van der Waals surface area contributed by atoms with Gasteiger partial charge in [-0.25, -0.2) is 14.3 Å². The van der Waals surface area contributed by atoms with Gasteiger partial charge in [0.2, 0.25) is 5.95 Å². The van der Waals surface area contributed by atoms with E-state index in [2.05, 4.69) is 47.9 Å². The van der Waals surface area contributed by atoms with Crippen molar-refractivity contribution >= 4 is 34.6 Å². The van der Waals surface area contributed by atoms with E-state index in [9.17, 15) is 9.90 Å². The summed E-state index contributed by atoms with van der Waals surface area (Å²) in [5, 5.41) is 19.7. The average molecular weight is 523 g/mol. The van der Waals surface area contributed by atoms with Gasteiger partial charge < -0.3 is 25.8 Å². The molecule has 1 aliphatic carbocycles. The molecular weight excluding hydrogens is 484 g/mol. The zero-order valence-corrected chi connectivity index (χ0v) is 22.6. The maximum absolute atomic E-state index is 13.0. The number of nitrogens with one attached hydrogen (secondary N) is 3. The number of rotatable bonds is 8. The number of ether oxygens (including phenoxy) is 1. The Morgan fingerprint density at radius 1 is 1.18 bits per heavy atom. The van der Waals surface area contributed by atoms with Crippen LogP contribution in [0.25, 0.3) is 11.2 Å². The number of nitrogens with zero attached hydrogens (tertiary/aromatic N) is 5. The summed E-state index contributed by atoms with van der Waals surface area (Å²) in [6.45, 7) is 6.59. The third-order valence-corrected chi connectivity index (χ3v) is 7.85. The van der Waals surface area contributed by atoms with Gasteiger partial charge in [-0.2, -0.15) is 9.97 Å². The highest BCUT2D eigenvalue weighted by molar-refractivity contribution is 5.92. The minimum absolute atomic E-state index is 0.0168. The van der Waals surface area contributed by atoms with Crippen LogP contribution in [0, 0.1) is 5.92 Å². The molecule has 1 amide bonds. The summed E-state index contributed by atoms with van der Waals surface area (Å²) in [6.07, 6.45) is 5.32. The molecule has 0 unspecified atom stereocenters. The molecule has 11 heteroatoms. The molecule has 3 aromatic rings. The first kappa shape index (κ1) is 26.3. The van der Waals surface area contributed by atoms with E-state index in [-0.39, 0.29) is 18.2 Å². The Morgan fingerprint density at radius 3 is 2.63 bits per heavy atom. The number of aromatic nitrogens is 4. The van der Waals surface area contributed by atoms with Crippen LogP contribution in [0.15, 0.2) is 30.6 Å². The van der Waals surface area contributed by atoms with Gasteiger partial charge in [0.05, 0.1) is 17.7 Å². The summed E-state index contributed by atoms with van der Waals surface area (Å²) < 4.78 is 6.82. The number of amides is 1. The third-order valence-electron chi connectivity index (χ3n) is 7.85. The fraction of sp³-hybridized carbons (Fsp3) is 0.556. The van der Waals surface area contributed by atoms with Crippen molar-refractivity contribution < 1.29 is 14.6 Å². The second-order valence-electron chi connectivity index (χ2n) is 10.9. The van der Waals surface area contributed by atoms with Crippen molar-refractivity contribution in [3.8, 4) is 0 Å². The number of hydrogen-bond donors (Lipinski definition) is 4. The lowest BCUT2D eigenvalue weighted by Gasteiger charge is -2.37. The predicted octanol–water partition coefficient (Wildman–Crippen LogP) is 3.33. The maximum Gasteiger partial charge on any atom is 0.328 e. The number of imidazole rings is 1. The van der Waals surface area contributed by atoms with Gasteiger partial charge in [0, 0.05) is 26.4 Å². The van der Waals surface area contributed by atoms with Crippen LogP contribution < -0.4 is 16.0 Å². The van der Waals surface area contributed by atoms with E-state index in [1.807, 2.05) is 26.0 Å². The predicted molar refractivity (Wildman–Crippen MR) is 147 cm³/mol. The molecule has 2 atom stereocenters. The van der Waals surface area contributed by atoms with Gasteiger partial charge in [-0.15, -0.1) is 0 Å². The first-order chi connectivity index (χ1) is 18.2. The quantitative estimate of drug-likeness (QED) is 0.352. The highest BCUT2D eigenvalue weighted by atomic mass is 16.5. The first-order valence-electron chi connectivity index (χ1n) is 13.3. The van der Waals surface area contributed by atoms with E-state index >= 15 is 0 Å². The molecule has 0 bridgehead atoms. The fourth-order valence-electron chi connectivity index (χ4n) is 5.36. The average Bonchev–Trinajstić information content (AvgIpc) is 3.30. The number of likely N-dealkylation sites (tertiary alicyclic amines) is 1. The lowest BCUT2D eigenvalue weighted by atomic mass is 9.83. The number of benzene rings is 1. The van der Waals surface area contributed by atoms with Crippen LogP contribution in [0.3, 0.4) is 0 Å². The lowest BCUT2D eigenvalue weighted by molar-refractivity contribution is -0.0136. The number of piperidine rings is 1. The van der Waals surface area contributed by atoms with Crippen LogP contribution in [-0.2, 0) is 11.3 Å². The summed E-state index contributed by atoms with van der Waals surface area (Å²) in [5.41, 5.74) is 2.37. The Hall–Kier alpha value is -3.28. The van der Waals surface area contributed by atoms with Crippen LogP contribution in [0.1, 0.15) is 45.1 Å². The van der Waals surface area contributed by atoms with Gasteiger partial charge in [0.1, 0.15) is 6.33 Å². The van der Waals surface area contributed by atoms with Crippen molar-refractivity contribution in [1.29, 1.82) is 0 Å². The van der Waals surface area contributed by atoms with E-state index in [4.69, 9.17) is 4.74 Å². The number of methoxy groups -OCH3 is 1. The minimum atomic E-state index is -0.622. The Balaban J connectivity index is 1.30. The second kappa shape index (κ2) is 10.8. The number of anilines is 3. The molecule has 0 radical (unpaired) electrons. The Bertz CT molecular complexity index is 1280. The van der Waals surface area contributed by atoms with E-state index < -0.39 is 5.60 Å². The van der Waals surface area contributed by atoms with Crippen LogP contribution in [0.4, 0.5) is 22.2 Å². The van der Waals surface area contributed by atoms with E-state index in [0.29, 0.717) is 28.8 Å². The van der Waals surface area contributed by atoms with Crippen molar-refractivity contribution in [3.63, 3.8) is 0 Å². The summed E-state index contributed by atoms with van der Waals surface area (Å²) in [7, 11) is 3.43. The van der Waals surface area contributed by atoms with Gasteiger partial charge >= 0.3 is 6.03 Å². The smallest absolute Gasteiger partial charge is 0.328 e. The Labute approximate surface area is 223 Å². The minimum Gasteiger partial charge on any atom is -0.390 e. The molecule has 5 rings (SSSR count).